The lowest BCUT2D eigenvalue weighted by molar-refractivity contribution is 0.119. The molecular formula is C18H23NO. The Morgan fingerprint density at radius 2 is 1.90 bits per heavy atom. The van der Waals surface area contributed by atoms with Gasteiger partial charge in [-0.3, -0.25) is 0 Å². The zero-order valence-corrected chi connectivity index (χ0v) is 12.1. The fraction of sp³-hybridized carbons (Fsp3) is 0.444. The largest absolute Gasteiger partial charge is 0.387 e. The van der Waals surface area contributed by atoms with Crippen LogP contribution in [0, 0.1) is 0 Å². The molecular weight excluding hydrogens is 246 g/mol. The smallest absolute Gasteiger partial charge is 0.0914 e. The van der Waals surface area contributed by atoms with Crippen molar-refractivity contribution in [2.45, 2.75) is 44.2 Å². The van der Waals surface area contributed by atoms with Gasteiger partial charge in [0.05, 0.1) is 6.10 Å². The molecule has 2 N–H and O–H groups in total. The highest BCUT2D eigenvalue weighted by Gasteiger charge is 2.34. The Bertz CT molecular complexity index is 583. The monoisotopic (exact) mass is 269 g/mol. The van der Waals surface area contributed by atoms with Gasteiger partial charge in [0.2, 0.25) is 0 Å². The SMILES string of the molecule is CCC1(NCC(O)c2ccc3ccccc3c2)CCC1. The Balaban J connectivity index is 1.70. The number of benzene rings is 2. The summed E-state index contributed by atoms with van der Waals surface area (Å²) in [6.07, 6.45) is 4.52. The van der Waals surface area contributed by atoms with Crippen LogP contribution in [0.15, 0.2) is 42.5 Å². The average molecular weight is 269 g/mol. The minimum atomic E-state index is -0.427. The molecule has 1 fully saturated rings. The number of fused-ring (bicyclic) bond motifs is 1. The van der Waals surface area contributed by atoms with Crippen LogP contribution in [0.4, 0.5) is 0 Å². The van der Waals surface area contributed by atoms with Gasteiger partial charge in [0.15, 0.2) is 0 Å². The highest BCUT2D eigenvalue weighted by Crippen LogP contribution is 2.35. The van der Waals surface area contributed by atoms with Gasteiger partial charge < -0.3 is 10.4 Å². The first-order valence-electron chi connectivity index (χ1n) is 7.64. The summed E-state index contributed by atoms with van der Waals surface area (Å²) < 4.78 is 0. The van der Waals surface area contributed by atoms with Crippen LogP contribution in [0.1, 0.15) is 44.3 Å². The molecule has 0 saturated heterocycles. The minimum absolute atomic E-state index is 0.290. The van der Waals surface area contributed by atoms with Gasteiger partial charge in [-0.15, -0.1) is 0 Å². The van der Waals surface area contributed by atoms with E-state index in [1.807, 2.05) is 18.2 Å². The normalized spacial score (nSPS) is 18.7. The molecule has 1 atom stereocenters. The third-order valence-corrected chi connectivity index (χ3v) is 4.82. The molecule has 0 aliphatic heterocycles. The highest BCUT2D eigenvalue weighted by molar-refractivity contribution is 5.83. The van der Waals surface area contributed by atoms with E-state index in [9.17, 15) is 5.11 Å². The van der Waals surface area contributed by atoms with Crippen LogP contribution in [0.3, 0.4) is 0 Å². The molecule has 0 bridgehead atoms. The molecule has 2 heteroatoms. The van der Waals surface area contributed by atoms with E-state index in [0.29, 0.717) is 6.54 Å². The number of hydrogen-bond donors (Lipinski definition) is 2. The molecule has 0 heterocycles. The van der Waals surface area contributed by atoms with Crippen LogP contribution in [-0.2, 0) is 0 Å². The molecule has 1 aliphatic carbocycles. The molecule has 2 nitrogen and oxygen atoms in total. The van der Waals surface area contributed by atoms with E-state index >= 15 is 0 Å². The van der Waals surface area contributed by atoms with Gasteiger partial charge in [-0.2, -0.15) is 0 Å². The summed E-state index contributed by atoms with van der Waals surface area (Å²) >= 11 is 0. The molecule has 0 aromatic heterocycles. The molecule has 2 aromatic carbocycles. The van der Waals surface area contributed by atoms with Gasteiger partial charge in [-0.05, 0) is 48.1 Å². The van der Waals surface area contributed by atoms with Gasteiger partial charge in [0, 0.05) is 12.1 Å². The molecule has 3 rings (SSSR count). The van der Waals surface area contributed by atoms with Crippen molar-refractivity contribution in [1.29, 1.82) is 0 Å². The molecule has 20 heavy (non-hydrogen) atoms. The van der Waals surface area contributed by atoms with Crippen molar-refractivity contribution in [2.24, 2.45) is 0 Å². The van der Waals surface area contributed by atoms with Crippen molar-refractivity contribution >= 4 is 10.8 Å². The van der Waals surface area contributed by atoms with E-state index < -0.39 is 6.10 Å². The predicted molar refractivity (Wildman–Crippen MR) is 83.8 cm³/mol. The third-order valence-electron chi connectivity index (χ3n) is 4.82. The quantitative estimate of drug-likeness (QED) is 0.865. The van der Waals surface area contributed by atoms with E-state index in [0.717, 1.165) is 12.0 Å². The third kappa shape index (κ3) is 2.58. The molecule has 106 valence electrons. The van der Waals surface area contributed by atoms with Crippen molar-refractivity contribution in [2.75, 3.05) is 6.54 Å². The molecule has 1 aliphatic rings. The number of β-amino-alcohol motifs (C(OH)–C–C–N with tert-alkyl or cyclic N) is 1. The van der Waals surface area contributed by atoms with Crippen LogP contribution < -0.4 is 5.32 Å². The van der Waals surface area contributed by atoms with E-state index in [4.69, 9.17) is 0 Å². The van der Waals surface area contributed by atoms with Gasteiger partial charge in [0.1, 0.15) is 0 Å². The van der Waals surface area contributed by atoms with Gasteiger partial charge >= 0.3 is 0 Å². The molecule has 0 radical (unpaired) electrons. The Kier molecular flexibility index (Phi) is 3.77. The van der Waals surface area contributed by atoms with Crippen LogP contribution in [0.25, 0.3) is 10.8 Å². The van der Waals surface area contributed by atoms with Crippen molar-refractivity contribution in [1.82, 2.24) is 5.32 Å². The Morgan fingerprint density at radius 3 is 2.55 bits per heavy atom. The molecule has 0 amide bonds. The summed E-state index contributed by atoms with van der Waals surface area (Å²) in [6.45, 7) is 2.88. The van der Waals surface area contributed by atoms with Gasteiger partial charge in [0.25, 0.3) is 0 Å². The maximum absolute atomic E-state index is 10.4. The van der Waals surface area contributed by atoms with E-state index in [1.165, 1.54) is 30.0 Å². The van der Waals surface area contributed by atoms with Crippen molar-refractivity contribution in [3.8, 4) is 0 Å². The number of rotatable bonds is 5. The maximum atomic E-state index is 10.4. The van der Waals surface area contributed by atoms with Crippen LogP contribution in [-0.4, -0.2) is 17.2 Å². The number of aliphatic hydroxyl groups is 1. The summed E-state index contributed by atoms with van der Waals surface area (Å²) in [5.41, 5.74) is 1.29. The molecule has 1 saturated carbocycles. The van der Waals surface area contributed by atoms with Crippen molar-refractivity contribution in [3.05, 3.63) is 48.0 Å². The van der Waals surface area contributed by atoms with E-state index in [2.05, 4.69) is 36.5 Å². The first-order valence-corrected chi connectivity index (χ1v) is 7.64. The summed E-state index contributed by atoms with van der Waals surface area (Å²) in [6, 6.07) is 14.5. The second-order valence-corrected chi connectivity index (χ2v) is 5.99. The number of hydrogen-bond acceptors (Lipinski definition) is 2. The lowest BCUT2D eigenvalue weighted by atomic mass is 9.75. The standard InChI is InChI=1S/C18H23NO/c1-2-18(10-5-11-18)19-13-17(20)16-9-8-14-6-3-4-7-15(14)12-16/h3-4,6-9,12,17,19-20H,2,5,10-11,13H2,1H3. The summed E-state index contributed by atoms with van der Waals surface area (Å²) in [5, 5.41) is 16.4. The maximum Gasteiger partial charge on any atom is 0.0914 e. The van der Waals surface area contributed by atoms with Gasteiger partial charge in [-0.25, -0.2) is 0 Å². The number of nitrogens with one attached hydrogen (secondary N) is 1. The molecule has 1 unspecified atom stereocenters. The lowest BCUT2D eigenvalue weighted by Crippen LogP contribution is -2.51. The Hall–Kier alpha value is -1.38. The zero-order valence-electron chi connectivity index (χ0n) is 12.1. The predicted octanol–water partition coefficient (Wildman–Crippen LogP) is 3.80. The van der Waals surface area contributed by atoms with Crippen LogP contribution >= 0.6 is 0 Å². The fourth-order valence-corrected chi connectivity index (χ4v) is 3.10. The van der Waals surface area contributed by atoms with Crippen LogP contribution in [0.2, 0.25) is 0 Å². The second kappa shape index (κ2) is 5.55. The second-order valence-electron chi connectivity index (χ2n) is 5.99. The summed E-state index contributed by atoms with van der Waals surface area (Å²) in [7, 11) is 0. The van der Waals surface area contributed by atoms with Crippen LogP contribution in [0.5, 0.6) is 0 Å². The summed E-state index contributed by atoms with van der Waals surface area (Å²) in [5.74, 6) is 0. The Labute approximate surface area is 120 Å². The van der Waals surface area contributed by atoms with E-state index in [1.54, 1.807) is 0 Å². The molecule has 0 spiro atoms. The minimum Gasteiger partial charge on any atom is -0.387 e. The average Bonchev–Trinajstić information content (AvgIpc) is 2.46. The van der Waals surface area contributed by atoms with Crippen molar-refractivity contribution in [3.63, 3.8) is 0 Å². The summed E-state index contributed by atoms with van der Waals surface area (Å²) in [4.78, 5) is 0. The number of aliphatic hydroxyl groups excluding tert-OH is 1. The Morgan fingerprint density at radius 1 is 1.15 bits per heavy atom. The topological polar surface area (TPSA) is 32.3 Å². The lowest BCUT2D eigenvalue weighted by Gasteiger charge is -2.42. The first-order chi connectivity index (χ1) is 9.72. The van der Waals surface area contributed by atoms with Crippen molar-refractivity contribution < 1.29 is 5.11 Å². The zero-order chi connectivity index (χ0) is 14.0. The van der Waals surface area contributed by atoms with Gasteiger partial charge in [-0.1, -0.05) is 43.3 Å². The first kappa shape index (κ1) is 13.6. The fourth-order valence-electron chi connectivity index (χ4n) is 3.10. The highest BCUT2D eigenvalue weighted by atomic mass is 16.3. The van der Waals surface area contributed by atoms with E-state index in [-0.39, 0.29) is 5.54 Å². The molecule has 2 aromatic rings.